The number of imidazole rings is 1. The van der Waals surface area contributed by atoms with Crippen molar-refractivity contribution < 1.29 is 9.13 Å². The summed E-state index contributed by atoms with van der Waals surface area (Å²) in [5.74, 6) is 2.13. The highest BCUT2D eigenvalue weighted by Crippen LogP contribution is 2.25. The number of hydrogen-bond acceptors (Lipinski definition) is 3. The summed E-state index contributed by atoms with van der Waals surface area (Å²) < 4.78 is 21.5. The number of nitrogens with one attached hydrogen (secondary N) is 1. The lowest BCUT2D eigenvalue weighted by Gasteiger charge is -2.38. The Morgan fingerprint density at radius 3 is 2.69 bits per heavy atom. The van der Waals surface area contributed by atoms with E-state index in [-0.39, 0.29) is 42.0 Å². The second kappa shape index (κ2) is 10.9. The number of ether oxygens (including phenoxy) is 1. The van der Waals surface area contributed by atoms with Crippen molar-refractivity contribution in [3.05, 3.63) is 53.9 Å². The molecule has 3 rings (SSSR count). The van der Waals surface area contributed by atoms with E-state index in [1.807, 2.05) is 19.3 Å². The van der Waals surface area contributed by atoms with Crippen molar-refractivity contribution in [2.45, 2.75) is 46.1 Å². The van der Waals surface area contributed by atoms with Crippen LogP contribution in [0.15, 0.2) is 41.7 Å². The maximum absolute atomic E-state index is 13.2. The third-order valence-corrected chi connectivity index (χ3v) is 4.78. The van der Waals surface area contributed by atoms with E-state index in [1.165, 1.54) is 12.1 Å². The number of halogens is 2. The first-order valence-electron chi connectivity index (χ1n) is 9.82. The summed E-state index contributed by atoms with van der Waals surface area (Å²) in [4.78, 5) is 11.1. The molecule has 2 heterocycles. The molecule has 1 aliphatic rings. The Hall–Kier alpha value is -1.68. The molecule has 1 saturated heterocycles. The van der Waals surface area contributed by atoms with Gasteiger partial charge in [0.2, 0.25) is 0 Å². The maximum atomic E-state index is 13.2. The fourth-order valence-corrected chi connectivity index (χ4v) is 3.54. The average Bonchev–Trinajstić information content (AvgIpc) is 3.08. The van der Waals surface area contributed by atoms with Gasteiger partial charge in [0.05, 0.1) is 19.2 Å². The van der Waals surface area contributed by atoms with Crippen LogP contribution in [0.4, 0.5) is 4.39 Å². The van der Waals surface area contributed by atoms with Crippen LogP contribution in [0.2, 0.25) is 0 Å². The second-order valence-corrected chi connectivity index (χ2v) is 7.68. The number of guanidine groups is 1. The summed E-state index contributed by atoms with van der Waals surface area (Å²) in [6, 6.07) is 6.53. The molecule has 1 fully saturated rings. The molecule has 2 atom stereocenters. The van der Waals surface area contributed by atoms with Crippen molar-refractivity contribution in [2.24, 2.45) is 10.9 Å². The minimum atomic E-state index is -0.237. The molecule has 160 valence electrons. The Morgan fingerprint density at radius 2 is 2.03 bits per heavy atom. The highest BCUT2D eigenvalue weighted by molar-refractivity contribution is 14.0. The van der Waals surface area contributed by atoms with E-state index in [4.69, 9.17) is 4.74 Å². The number of nitrogens with zero attached hydrogens (tertiary/aromatic N) is 4. The van der Waals surface area contributed by atoms with Gasteiger partial charge in [0.1, 0.15) is 17.7 Å². The van der Waals surface area contributed by atoms with Crippen LogP contribution >= 0.6 is 24.0 Å². The van der Waals surface area contributed by atoms with Gasteiger partial charge < -0.3 is 19.5 Å². The molecule has 1 aromatic carbocycles. The first-order valence-corrected chi connectivity index (χ1v) is 9.82. The zero-order chi connectivity index (χ0) is 20.1. The zero-order valence-electron chi connectivity index (χ0n) is 17.5. The topological polar surface area (TPSA) is 54.7 Å². The molecular weight excluding hydrogens is 484 g/mol. The van der Waals surface area contributed by atoms with Gasteiger partial charge >= 0.3 is 0 Å². The van der Waals surface area contributed by atoms with Gasteiger partial charge in [0.15, 0.2) is 5.96 Å². The Bertz CT molecular complexity index is 793. The lowest BCUT2D eigenvalue weighted by atomic mass is 10.1. The molecule has 1 N–H and O–H groups in total. The molecule has 8 heteroatoms. The van der Waals surface area contributed by atoms with Crippen molar-refractivity contribution in [3.8, 4) is 0 Å². The molecule has 2 aromatic rings. The maximum Gasteiger partial charge on any atom is 0.194 e. The number of hydrogen-bond donors (Lipinski definition) is 1. The fourth-order valence-electron chi connectivity index (χ4n) is 3.54. The minimum Gasteiger partial charge on any atom is -0.367 e. The lowest BCUT2D eigenvalue weighted by molar-refractivity contribution is -0.0605. The quantitative estimate of drug-likeness (QED) is 0.374. The second-order valence-electron chi connectivity index (χ2n) is 7.68. The van der Waals surface area contributed by atoms with Crippen LogP contribution in [-0.4, -0.2) is 46.7 Å². The van der Waals surface area contributed by atoms with Crippen LogP contribution in [0.3, 0.4) is 0 Å². The first kappa shape index (κ1) is 23.6. The Kier molecular flexibility index (Phi) is 8.88. The molecule has 0 aliphatic carbocycles. The van der Waals surface area contributed by atoms with E-state index in [1.54, 1.807) is 19.2 Å². The Labute approximate surface area is 189 Å². The van der Waals surface area contributed by atoms with E-state index >= 15 is 0 Å². The summed E-state index contributed by atoms with van der Waals surface area (Å²) in [6.45, 7) is 9.40. The van der Waals surface area contributed by atoms with Crippen LogP contribution in [0, 0.1) is 11.7 Å². The van der Waals surface area contributed by atoms with E-state index in [2.05, 4.69) is 38.6 Å². The molecule has 0 bridgehead atoms. The molecule has 0 amide bonds. The summed E-state index contributed by atoms with van der Waals surface area (Å²) in [6.07, 6.45) is 3.78. The number of morpholine rings is 1. The molecule has 29 heavy (non-hydrogen) atoms. The van der Waals surface area contributed by atoms with Gasteiger partial charge in [0.25, 0.3) is 0 Å². The molecule has 1 aliphatic heterocycles. The third kappa shape index (κ3) is 6.40. The molecule has 1 aromatic heterocycles. The van der Waals surface area contributed by atoms with Gasteiger partial charge in [-0.1, -0.05) is 26.0 Å². The fraction of sp³-hybridized carbons (Fsp3) is 0.524. The van der Waals surface area contributed by atoms with E-state index in [9.17, 15) is 4.39 Å². The monoisotopic (exact) mass is 515 g/mol. The van der Waals surface area contributed by atoms with E-state index in [0.29, 0.717) is 19.0 Å². The first-order chi connectivity index (χ1) is 13.5. The molecule has 0 spiro atoms. The largest absolute Gasteiger partial charge is 0.367 e. The summed E-state index contributed by atoms with van der Waals surface area (Å²) in [7, 11) is 1.79. The van der Waals surface area contributed by atoms with E-state index < -0.39 is 0 Å². The predicted molar refractivity (Wildman–Crippen MR) is 124 cm³/mol. The molecule has 0 saturated carbocycles. The highest BCUT2D eigenvalue weighted by Gasteiger charge is 2.28. The van der Waals surface area contributed by atoms with Crippen molar-refractivity contribution in [2.75, 3.05) is 20.1 Å². The number of aliphatic imine (C=N–C) groups is 1. The van der Waals surface area contributed by atoms with E-state index in [0.717, 1.165) is 30.4 Å². The van der Waals surface area contributed by atoms with Gasteiger partial charge in [-0.15, -0.1) is 24.0 Å². The van der Waals surface area contributed by atoms with Crippen molar-refractivity contribution in [1.82, 2.24) is 19.8 Å². The lowest BCUT2D eigenvalue weighted by Crippen LogP contribution is -2.50. The SMILES string of the molecule is CN=C(NCc1nccn1CC(C)C)N1CC(C)OC(c2ccc(F)cc2)C1.I. The van der Waals surface area contributed by atoms with Gasteiger partial charge in [0, 0.05) is 32.5 Å². The molecule has 6 nitrogen and oxygen atoms in total. The van der Waals surface area contributed by atoms with Crippen LogP contribution in [0.5, 0.6) is 0 Å². The number of aromatic nitrogens is 2. The average molecular weight is 515 g/mol. The third-order valence-electron chi connectivity index (χ3n) is 4.78. The van der Waals surface area contributed by atoms with Crippen LogP contribution in [0.25, 0.3) is 0 Å². The summed E-state index contributed by atoms with van der Waals surface area (Å²) in [5.41, 5.74) is 0.973. The van der Waals surface area contributed by atoms with Gasteiger partial charge in [-0.2, -0.15) is 0 Å². The van der Waals surface area contributed by atoms with Crippen molar-refractivity contribution in [1.29, 1.82) is 0 Å². The molecule has 0 radical (unpaired) electrons. The molecular formula is C21H31FIN5O. The van der Waals surface area contributed by atoms with Gasteiger partial charge in [-0.05, 0) is 30.5 Å². The number of benzene rings is 1. The van der Waals surface area contributed by atoms with Gasteiger partial charge in [-0.3, -0.25) is 4.99 Å². The predicted octanol–water partition coefficient (Wildman–Crippen LogP) is 3.83. The highest BCUT2D eigenvalue weighted by atomic mass is 127. The van der Waals surface area contributed by atoms with Crippen LogP contribution in [-0.2, 0) is 17.8 Å². The Morgan fingerprint density at radius 1 is 1.31 bits per heavy atom. The zero-order valence-corrected chi connectivity index (χ0v) is 19.8. The van der Waals surface area contributed by atoms with Crippen molar-refractivity contribution in [3.63, 3.8) is 0 Å². The van der Waals surface area contributed by atoms with Crippen LogP contribution < -0.4 is 5.32 Å². The summed E-state index contributed by atoms with van der Waals surface area (Å²) in [5, 5.41) is 3.43. The van der Waals surface area contributed by atoms with Crippen molar-refractivity contribution >= 4 is 29.9 Å². The standard InChI is InChI=1S/C21H30FN5O.HI/c1-15(2)12-26-10-9-24-20(26)11-25-21(23-4)27-13-16(3)28-19(14-27)17-5-7-18(22)8-6-17;/h5-10,15-16,19H,11-14H2,1-4H3,(H,23,25);1H. The summed E-state index contributed by atoms with van der Waals surface area (Å²) >= 11 is 0. The normalized spacial score (nSPS) is 19.9. The molecule has 2 unspecified atom stereocenters. The van der Waals surface area contributed by atoms with Gasteiger partial charge in [-0.25, -0.2) is 9.37 Å². The van der Waals surface area contributed by atoms with Crippen LogP contribution in [0.1, 0.15) is 38.3 Å². The minimum absolute atomic E-state index is 0. The Balaban J connectivity index is 0.00000300. The smallest absolute Gasteiger partial charge is 0.194 e. The number of rotatable bonds is 5.